The Morgan fingerprint density at radius 2 is 1.64 bits per heavy atom. The van der Waals surface area contributed by atoms with Crippen LogP contribution in [0.25, 0.3) is 0 Å². The van der Waals surface area contributed by atoms with Gasteiger partial charge in [-0.25, -0.2) is 8.42 Å². The second-order valence-electron chi connectivity index (χ2n) is 5.56. The Hall–Kier alpha value is -2.31. The minimum Gasteiger partial charge on any atom is -0.497 e. The Labute approximate surface area is 152 Å². The van der Waals surface area contributed by atoms with Crippen molar-refractivity contribution in [2.24, 2.45) is 0 Å². The molecule has 0 saturated heterocycles. The van der Waals surface area contributed by atoms with E-state index in [0.717, 1.165) is 10.4 Å². The lowest BCUT2D eigenvalue weighted by Gasteiger charge is -2.24. The maximum Gasteiger partial charge on any atom is 0.274 e. The van der Waals surface area contributed by atoms with Crippen molar-refractivity contribution in [3.8, 4) is 5.75 Å². The predicted molar refractivity (Wildman–Crippen MR) is 102 cm³/mol. The summed E-state index contributed by atoms with van der Waals surface area (Å²) >= 11 is 1.28. The van der Waals surface area contributed by atoms with E-state index < -0.39 is 10.0 Å². The molecular formula is C19H19NO3S2. The molecule has 25 heavy (non-hydrogen) atoms. The third-order valence-electron chi connectivity index (χ3n) is 3.79. The molecule has 1 heterocycles. The van der Waals surface area contributed by atoms with Gasteiger partial charge in [-0.2, -0.15) is 0 Å². The van der Waals surface area contributed by atoms with Crippen LogP contribution in [0.4, 0.5) is 5.69 Å². The smallest absolute Gasteiger partial charge is 0.274 e. The number of sulfonamides is 1. The van der Waals surface area contributed by atoms with Crippen molar-refractivity contribution < 1.29 is 13.2 Å². The van der Waals surface area contributed by atoms with Crippen molar-refractivity contribution in [2.75, 3.05) is 11.4 Å². The normalized spacial score (nSPS) is 11.3. The highest BCUT2D eigenvalue weighted by molar-refractivity contribution is 7.94. The minimum atomic E-state index is -3.64. The van der Waals surface area contributed by atoms with Crippen LogP contribution in [0.5, 0.6) is 5.75 Å². The first-order valence-electron chi connectivity index (χ1n) is 7.78. The third kappa shape index (κ3) is 3.86. The van der Waals surface area contributed by atoms with E-state index in [9.17, 15) is 8.42 Å². The number of aryl methyl sites for hydroxylation is 1. The molecule has 6 heteroatoms. The number of nitrogens with zero attached hydrogens (tertiary/aromatic N) is 1. The molecule has 0 spiro atoms. The SMILES string of the molecule is COc1ccc(N(Cc2ccccc2)S(=O)(=O)c2ccc(C)s2)cc1. The van der Waals surface area contributed by atoms with Gasteiger partial charge < -0.3 is 4.74 Å². The number of hydrogen-bond acceptors (Lipinski definition) is 4. The predicted octanol–water partition coefficient (Wildman–Crippen LogP) is 4.46. The van der Waals surface area contributed by atoms with E-state index in [1.54, 1.807) is 37.4 Å². The summed E-state index contributed by atoms with van der Waals surface area (Å²) in [6, 6.07) is 20.1. The van der Waals surface area contributed by atoms with Gasteiger partial charge in [0.2, 0.25) is 0 Å². The molecule has 130 valence electrons. The Kier molecular flexibility index (Phi) is 5.11. The molecule has 0 aliphatic rings. The highest BCUT2D eigenvalue weighted by atomic mass is 32.2. The Morgan fingerprint density at radius 3 is 2.20 bits per heavy atom. The summed E-state index contributed by atoms with van der Waals surface area (Å²) in [4.78, 5) is 0.966. The molecule has 3 rings (SSSR count). The van der Waals surface area contributed by atoms with E-state index in [-0.39, 0.29) is 6.54 Å². The molecule has 0 aliphatic heterocycles. The molecule has 0 saturated carbocycles. The van der Waals surface area contributed by atoms with Crippen LogP contribution < -0.4 is 9.04 Å². The topological polar surface area (TPSA) is 46.6 Å². The molecule has 0 aliphatic carbocycles. The molecular weight excluding hydrogens is 354 g/mol. The Bertz CT molecular complexity index is 932. The van der Waals surface area contributed by atoms with E-state index >= 15 is 0 Å². The summed E-state index contributed by atoms with van der Waals surface area (Å²) in [5.41, 5.74) is 1.53. The molecule has 4 nitrogen and oxygen atoms in total. The number of hydrogen-bond donors (Lipinski definition) is 0. The van der Waals surface area contributed by atoms with E-state index in [1.165, 1.54) is 15.6 Å². The van der Waals surface area contributed by atoms with Gasteiger partial charge in [-0.3, -0.25) is 4.31 Å². The number of anilines is 1. The van der Waals surface area contributed by atoms with Gasteiger partial charge in [-0.15, -0.1) is 11.3 Å². The van der Waals surface area contributed by atoms with E-state index in [4.69, 9.17) is 4.74 Å². The van der Waals surface area contributed by atoms with Crippen LogP contribution in [0.15, 0.2) is 70.9 Å². The quantitative estimate of drug-likeness (QED) is 0.641. The molecule has 0 amide bonds. The zero-order valence-corrected chi connectivity index (χ0v) is 15.7. The van der Waals surface area contributed by atoms with Crippen molar-refractivity contribution in [1.82, 2.24) is 0 Å². The lowest BCUT2D eigenvalue weighted by atomic mass is 10.2. The first-order valence-corrected chi connectivity index (χ1v) is 10.0. The number of rotatable bonds is 6. The molecule has 0 atom stereocenters. The number of benzene rings is 2. The highest BCUT2D eigenvalue weighted by Gasteiger charge is 2.26. The second kappa shape index (κ2) is 7.29. The average Bonchev–Trinajstić information content (AvgIpc) is 3.08. The van der Waals surface area contributed by atoms with E-state index in [1.807, 2.05) is 43.3 Å². The molecule has 2 aromatic carbocycles. The Balaban J connectivity index is 2.04. The lowest BCUT2D eigenvalue weighted by Crippen LogP contribution is -2.30. The average molecular weight is 373 g/mol. The molecule has 0 radical (unpaired) electrons. The second-order valence-corrected chi connectivity index (χ2v) is 8.94. The van der Waals surface area contributed by atoms with Crippen LogP contribution in [0.3, 0.4) is 0 Å². The van der Waals surface area contributed by atoms with Gasteiger partial charge in [0.25, 0.3) is 10.0 Å². The molecule has 0 fully saturated rings. The monoisotopic (exact) mass is 373 g/mol. The fourth-order valence-electron chi connectivity index (χ4n) is 2.47. The van der Waals surface area contributed by atoms with Gasteiger partial charge in [0.1, 0.15) is 9.96 Å². The third-order valence-corrected chi connectivity index (χ3v) is 7.03. The summed E-state index contributed by atoms with van der Waals surface area (Å²) in [7, 11) is -2.05. The Morgan fingerprint density at radius 1 is 0.960 bits per heavy atom. The van der Waals surface area contributed by atoms with Crippen molar-refractivity contribution in [2.45, 2.75) is 17.7 Å². The number of methoxy groups -OCH3 is 1. The van der Waals surface area contributed by atoms with Gasteiger partial charge in [0, 0.05) is 4.88 Å². The summed E-state index contributed by atoms with van der Waals surface area (Å²) in [5, 5.41) is 0. The number of ether oxygens (including phenoxy) is 1. The lowest BCUT2D eigenvalue weighted by molar-refractivity contribution is 0.415. The fraction of sp³-hybridized carbons (Fsp3) is 0.158. The summed E-state index contributed by atoms with van der Waals surface area (Å²) in [5.74, 6) is 0.688. The number of thiophene rings is 1. The minimum absolute atomic E-state index is 0.270. The van der Waals surface area contributed by atoms with Crippen LogP contribution in [0.2, 0.25) is 0 Å². The fourth-order valence-corrected chi connectivity index (χ4v) is 5.32. The van der Waals surface area contributed by atoms with Gasteiger partial charge in [-0.05, 0) is 48.9 Å². The van der Waals surface area contributed by atoms with Gasteiger partial charge in [-0.1, -0.05) is 30.3 Å². The van der Waals surface area contributed by atoms with Crippen molar-refractivity contribution in [3.05, 3.63) is 77.2 Å². The molecule has 0 N–H and O–H groups in total. The summed E-state index contributed by atoms with van der Waals surface area (Å²) < 4.78 is 33.4. The molecule has 0 unspecified atom stereocenters. The van der Waals surface area contributed by atoms with Crippen LogP contribution >= 0.6 is 11.3 Å². The molecule has 0 bridgehead atoms. The zero-order chi connectivity index (χ0) is 17.9. The standard InChI is InChI=1S/C19H19NO3S2/c1-15-8-13-19(24-15)25(21,22)20(14-16-6-4-3-5-7-16)17-9-11-18(23-2)12-10-17/h3-13H,14H2,1-2H3. The molecule has 3 aromatic rings. The first kappa shape index (κ1) is 17.5. The van der Waals surface area contributed by atoms with Crippen molar-refractivity contribution >= 4 is 27.0 Å². The highest BCUT2D eigenvalue weighted by Crippen LogP contribution is 2.30. The van der Waals surface area contributed by atoms with E-state index in [2.05, 4.69) is 0 Å². The van der Waals surface area contributed by atoms with Crippen molar-refractivity contribution in [1.29, 1.82) is 0 Å². The van der Waals surface area contributed by atoms with Gasteiger partial charge >= 0.3 is 0 Å². The first-order chi connectivity index (χ1) is 12.0. The van der Waals surface area contributed by atoms with E-state index in [0.29, 0.717) is 15.6 Å². The maximum atomic E-state index is 13.2. The van der Waals surface area contributed by atoms with Crippen LogP contribution in [-0.2, 0) is 16.6 Å². The van der Waals surface area contributed by atoms with Gasteiger partial charge in [0.05, 0.1) is 19.3 Å². The summed E-state index contributed by atoms with van der Waals surface area (Å²) in [6.45, 7) is 2.17. The van der Waals surface area contributed by atoms with Crippen LogP contribution in [0.1, 0.15) is 10.4 Å². The van der Waals surface area contributed by atoms with Crippen LogP contribution in [-0.4, -0.2) is 15.5 Å². The van der Waals surface area contributed by atoms with Gasteiger partial charge in [0.15, 0.2) is 0 Å². The largest absolute Gasteiger partial charge is 0.497 e. The summed E-state index contributed by atoms with van der Waals surface area (Å²) in [6.07, 6.45) is 0. The van der Waals surface area contributed by atoms with Crippen molar-refractivity contribution in [3.63, 3.8) is 0 Å². The molecule has 1 aromatic heterocycles. The maximum absolute atomic E-state index is 13.2. The van der Waals surface area contributed by atoms with Crippen LogP contribution in [0, 0.1) is 6.92 Å². The zero-order valence-electron chi connectivity index (χ0n) is 14.0.